The molecule has 0 bridgehead atoms. The van der Waals surface area contributed by atoms with Crippen LogP contribution in [-0.2, 0) is 11.8 Å². The first-order chi connectivity index (χ1) is 13.5. The number of ether oxygens (including phenoxy) is 1. The molecule has 1 amide bonds. The SMILES string of the molecule is COC(=O)c1c(C)c(C(=O)[C@H](C)N(C(=O)c2cccc(F)c2)C(C)C)c(C)n1C. The normalized spacial score (nSPS) is 12.0. The Morgan fingerprint density at radius 3 is 2.28 bits per heavy atom. The van der Waals surface area contributed by atoms with Gasteiger partial charge in [0.05, 0.1) is 13.2 Å². The molecule has 0 unspecified atom stereocenters. The summed E-state index contributed by atoms with van der Waals surface area (Å²) in [5, 5.41) is 0. The summed E-state index contributed by atoms with van der Waals surface area (Å²) in [5.74, 6) is -1.77. The van der Waals surface area contributed by atoms with Gasteiger partial charge in [0.2, 0.25) is 0 Å². The molecule has 1 heterocycles. The number of aromatic nitrogens is 1. The van der Waals surface area contributed by atoms with Gasteiger partial charge in [-0.1, -0.05) is 6.07 Å². The molecule has 1 aromatic heterocycles. The van der Waals surface area contributed by atoms with Crippen molar-refractivity contribution in [3.63, 3.8) is 0 Å². The molecule has 2 aromatic rings. The molecular formula is C22H27FN2O4. The number of nitrogens with zero attached hydrogens (tertiary/aromatic N) is 2. The van der Waals surface area contributed by atoms with E-state index in [0.29, 0.717) is 22.5 Å². The third-order valence-electron chi connectivity index (χ3n) is 5.21. The number of hydrogen-bond donors (Lipinski definition) is 0. The van der Waals surface area contributed by atoms with E-state index < -0.39 is 23.7 Å². The fraction of sp³-hybridized carbons (Fsp3) is 0.409. The third kappa shape index (κ3) is 4.09. The van der Waals surface area contributed by atoms with Gasteiger partial charge in [-0.2, -0.15) is 0 Å². The standard InChI is InChI=1S/C22H27FN2O4/c1-12(2)25(21(27)16-9-8-10-17(23)11-16)15(5)20(26)18-13(3)19(22(28)29-7)24(6)14(18)4/h8-12,15H,1-7H3/t15-/m0/s1. The number of amides is 1. The number of carbonyl (C=O) groups is 3. The molecule has 0 N–H and O–H groups in total. The van der Waals surface area contributed by atoms with Crippen molar-refractivity contribution >= 4 is 17.7 Å². The van der Waals surface area contributed by atoms with Crippen molar-refractivity contribution in [2.24, 2.45) is 7.05 Å². The predicted octanol–water partition coefficient (Wildman–Crippen LogP) is 3.69. The average molecular weight is 402 g/mol. The Balaban J connectivity index is 2.48. The van der Waals surface area contributed by atoms with Crippen LogP contribution in [0.1, 0.15) is 63.2 Å². The van der Waals surface area contributed by atoms with E-state index in [0.717, 1.165) is 6.07 Å². The number of methoxy groups -OCH3 is 1. The summed E-state index contributed by atoms with van der Waals surface area (Å²) in [5.41, 5.74) is 1.98. The second-order valence-corrected chi connectivity index (χ2v) is 7.34. The Kier molecular flexibility index (Phi) is 6.62. The van der Waals surface area contributed by atoms with Gasteiger partial charge >= 0.3 is 5.97 Å². The van der Waals surface area contributed by atoms with Crippen molar-refractivity contribution in [3.8, 4) is 0 Å². The van der Waals surface area contributed by atoms with Crippen LogP contribution in [0.15, 0.2) is 24.3 Å². The molecule has 0 aliphatic carbocycles. The van der Waals surface area contributed by atoms with Crippen LogP contribution in [0.2, 0.25) is 0 Å². The molecule has 156 valence electrons. The van der Waals surface area contributed by atoms with Gasteiger partial charge in [0.15, 0.2) is 5.78 Å². The molecule has 0 aliphatic rings. The Bertz CT molecular complexity index is 962. The summed E-state index contributed by atoms with van der Waals surface area (Å²) in [7, 11) is 2.97. The molecule has 1 aromatic carbocycles. The Morgan fingerprint density at radius 1 is 1.14 bits per heavy atom. The molecule has 0 radical (unpaired) electrons. The summed E-state index contributed by atoms with van der Waals surface area (Å²) in [6.45, 7) is 8.67. The first-order valence-electron chi connectivity index (χ1n) is 9.39. The van der Waals surface area contributed by atoms with Crippen LogP contribution in [0.3, 0.4) is 0 Å². The molecule has 0 saturated heterocycles. The lowest BCUT2D eigenvalue weighted by atomic mass is 9.98. The van der Waals surface area contributed by atoms with Crippen molar-refractivity contribution < 1.29 is 23.5 Å². The minimum Gasteiger partial charge on any atom is -0.464 e. The smallest absolute Gasteiger partial charge is 0.354 e. The van der Waals surface area contributed by atoms with E-state index in [1.54, 1.807) is 46.2 Å². The fourth-order valence-corrected chi connectivity index (χ4v) is 3.69. The highest BCUT2D eigenvalue weighted by Gasteiger charge is 2.34. The predicted molar refractivity (Wildman–Crippen MR) is 108 cm³/mol. The van der Waals surface area contributed by atoms with Gasteiger partial charge in [-0.05, 0) is 58.4 Å². The molecule has 7 heteroatoms. The topological polar surface area (TPSA) is 68.6 Å². The molecular weight excluding hydrogens is 375 g/mol. The second kappa shape index (κ2) is 8.59. The zero-order valence-corrected chi connectivity index (χ0v) is 17.9. The van der Waals surface area contributed by atoms with Crippen LogP contribution in [0.25, 0.3) is 0 Å². The summed E-state index contributed by atoms with van der Waals surface area (Å²) in [4.78, 5) is 40.0. The number of ketones is 1. The highest BCUT2D eigenvalue weighted by atomic mass is 19.1. The Hall–Kier alpha value is -2.96. The summed E-state index contributed by atoms with van der Waals surface area (Å²) in [6, 6.07) is 4.29. The van der Waals surface area contributed by atoms with Gasteiger partial charge in [0.25, 0.3) is 5.91 Å². The van der Waals surface area contributed by atoms with Gasteiger partial charge in [0.1, 0.15) is 11.5 Å². The number of carbonyl (C=O) groups excluding carboxylic acids is 3. The second-order valence-electron chi connectivity index (χ2n) is 7.34. The molecule has 1 atom stereocenters. The van der Waals surface area contributed by atoms with E-state index >= 15 is 0 Å². The molecule has 0 aliphatic heterocycles. The number of rotatable bonds is 6. The van der Waals surface area contributed by atoms with E-state index in [-0.39, 0.29) is 17.4 Å². The molecule has 2 rings (SSSR count). The molecule has 0 fully saturated rings. The van der Waals surface area contributed by atoms with Crippen LogP contribution < -0.4 is 0 Å². The zero-order chi connectivity index (χ0) is 22.0. The van der Waals surface area contributed by atoms with E-state index in [4.69, 9.17) is 4.74 Å². The lowest BCUT2D eigenvalue weighted by molar-refractivity contribution is 0.0565. The van der Waals surface area contributed by atoms with Gasteiger partial charge in [0, 0.05) is 29.9 Å². The third-order valence-corrected chi connectivity index (χ3v) is 5.21. The van der Waals surface area contributed by atoms with Gasteiger partial charge in [-0.25, -0.2) is 9.18 Å². The number of Topliss-reactive ketones (excluding diaryl/α,β-unsaturated/α-hetero) is 1. The average Bonchev–Trinajstić information content (AvgIpc) is 2.89. The van der Waals surface area contributed by atoms with Crippen LogP contribution >= 0.6 is 0 Å². The van der Waals surface area contributed by atoms with Crippen LogP contribution in [0.4, 0.5) is 4.39 Å². The maximum absolute atomic E-state index is 13.6. The quantitative estimate of drug-likeness (QED) is 0.546. The van der Waals surface area contributed by atoms with Crippen molar-refractivity contribution in [2.75, 3.05) is 7.11 Å². The molecule has 0 saturated carbocycles. The Morgan fingerprint density at radius 2 is 1.76 bits per heavy atom. The lowest BCUT2D eigenvalue weighted by Crippen LogP contribution is -2.47. The van der Waals surface area contributed by atoms with Gasteiger partial charge in [-0.3, -0.25) is 9.59 Å². The van der Waals surface area contributed by atoms with Crippen molar-refractivity contribution in [2.45, 2.75) is 46.7 Å². The first kappa shape index (κ1) is 22.3. The Labute approximate surface area is 170 Å². The summed E-state index contributed by atoms with van der Waals surface area (Å²) >= 11 is 0. The number of halogens is 1. The van der Waals surface area contributed by atoms with E-state index in [2.05, 4.69) is 0 Å². The largest absolute Gasteiger partial charge is 0.464 e. The monoisotopic (exact) mass is 402 g/mol. The maximum Gasteiger partial charge on any atom is 0.354 e. The highest BCUT2D eigenvalue weighted by molar-refractivity contribution is 6.07. The van der Waals surface area contributed by atoms with Crippen molar-refractivity contribution in [3.05, 3.63) is 58.2 Å². The van der Waals surface area contributed by atoms with Gasteiger partial charge in [-0.15, -0.1) is 0 Å². The van der Waals surface area contributed by atoms with Crippen molar-refractivity contribution in [1.82, 2.24) is 9.47 Å². The minimum atomic E-state index is -0.809. The summed E-state index contributed by atoms with van der Waals surface area (Å²) in [6.07, 6.45) is 0. The van der Waals surface area contributed by atoms with E-state index in [1.165, 1.54) is 30.2 Å². The molecule has 0 spiro atoms. The van der Waals surface area contributed by atoms with Crippen LogP contribution in [0.5, 0.6) is 0 Å². The van der Waals surface area contributed by atoms with Crippen LogP contribution in [0, 0.1) is 19.7 Å². The van der Waals surface area contributed by atoms with E-state index in [1.807, 2.05) is 0 Å². The lowest BCUT2D eigenvalue weighted by Gasteiger charge is -2.32. The fourth-order valence-electron chi connectivity index (χ4n) is 3.69. The first-order valence-corrected chi connectivity index (χ1v) is 9.39. The highest BCUT2D eigenvalue weighted by Crippen LogP contribution is 2.25. The van der Waals surface area contributed by atoms with Crippen LogP contribution in [-0.4, -0.2) is 46.3 Å². The molecule has 6 nitrogen and oxygen atoms in total. The maximum atomic E-state index is 13.6. The number of esters is 1. The minimum absolute atomic E-state index is 0.176. The molecule has 29 heavy (non-hydrogen) atoms. The van der Waals surface area contributed by atoms with E-state index in [9.17, 15) is 18.8 Å². The van der Waals surface area contributed by atoms with Gasteiger partial charge < -0.3 is 14.2 Å². The van der Waals surface area contributed by atoms with Crippen molar-refractivity contribution in [1.29, 1.82) is 0 Å². The number of benzene rings is 1. The summed E-state index contributed by atoms with van der Waals surface area (Å²) < 4.78 is 20.0. The number of hydrogen-bond acceptors (Lipinski definition) is 4. The zero-order valence-electron chi connectivity index (χ0n) is 17.9.